The summed E-state index contributed by atoms with van der Waals surface area (Å²) in [6.07, 6.45) is 2.20. The van der Waals surface area contributed by atoms with Crippen LogP contribution in [0, 0.1) is 0 Å². The zero-order valence-corrected chi connectivity index (χ0v) is 10.3. The number of fused-ring (bicyclic) bond motifs is 2. The van der Waals surface area contributed by atoms with E-state index in [0.29, 0.717) is 25.7 Å². The molecule has 1 N–H and O–H groups in total. The number of hydrogen-bond acceptors (Lipinski definition) is 3. The molecule has 1 spiro atoms. The van der Waals surface area contributed by atoms with E-state index in [4.69, 9.17) is 4.74 Å². The lowest BCUT2D eigenvalue weighted by atomic mass is 9.70. The van der Waals surface area contributed by atoms with Crippen LogP contribution in [-0.4, -0.2) is 18.8 Å². The molecule has 1 aliphatic heterocycles. The van der Waals surface area contributed by atoms with Gasteiger partial charge in [-0.25, -0.2) is 0 Å². The van der Waals surface area contributed by atoms with E-state index in [1.165, 1.54) is 0 Å². The number of hydrogen-bond donors (Lipinski definition) is 1. The lowest BCUT2D eigenvalue weighted by Crippen LogP contribution is -2.38. The Balaban J connectivity index is 2.07. The molecule has 1 fully saturated rings. The number of carbonyl (C=O) groups is 2. The highest BCUT2D eigenvalue weighted by molar-refractivity contribution is 6.07. The van der Waals surface area contributed by atoms with E-state index < -0.39 is 5.41 Å². The number of methoxy groups -OCH3 is 1. The van der Waals surface area contributed by atoms with E-state index in [1.54, 1.807) is 7.11 Å². The normalized spacial score (nSPS) is 20.7. The van der Waals surface area contributed by atoms with Gasteiger partial charge in [-0.1, -0.05) is 0 Å². The van der Waals surface area contributed by atoms with Gasteiger partial charge in [-0.05, 0) is 36.6 Å². The molecule has 0 saturated heterocycles. The highest BCUT2D eigenvalue weighted by Crippen LogP contribution is 2.47. The number of ketones is 1. The van der Waals surface area contributed by atoms with Gasteiger partial charge in [0.15, 0.2) is 0 Å². The number of ether oxygens (including phenoxy) is 1. The Hall–Kier alpha value is -1.84. The maximum absolute atomic E-state index is 12.3. The Morgan fingerprint density at radius 1 is 1.22 bits per heavy atom. The van der Waals surface area contributed by atoms with E-state index in [9.17, 15) is 9.59 Å². The number of carbonyl (C=O) groups excluding carboxylic acids is 2. The first-order chi connectivity index (χ1) is 8.65. The molecule has 1 amide bonds. The van der Waals surface area contributed by atoms with Gasteiger partial charge in [0.1, 0.15) is 11.5 Å². The molecule has 4 nitrogen and oxygen atoms in total. The van der Waals surface area contributed by atoms with E-state index in [1.807, 2.05) is 18.2 Å². The van der Waals surface area contributed by atoms with Crippen molar-refractivity contribution in [2.45, 2.75) is 31.1 Å². The van der Waals surface area contributed by atoms with Crippen LogP contribution in [0.3, 0.4) is 0 Å². The fourth-order valence-corrected chi connectivity index (χ4v) is 2.97. The first-order valence-corrected chi connectivity index (χ1v) is 6.17. The van der Waals surface area contributed by atoms with Crippen molar-refractivity contribution < 1.29 is 14.3 Å². The first kappa shape index (κ1) is 11.3. The van der Waals surface area contributed by atoms with Gasteiger partial charge in [-0.15, -0.1) is 0 Å². The molecule has 1 aromatic carbocycles. The van der Waals surface area contributed by atoms with Crippen LogP contribution in [-0.2, 0) is 15.0 Å². The lowest BCUT2D eigenvalue weighted by Gasteiger charge is -2.30. The average Bonchev–Trinajstić information content (AvgIpc) is 2.65. The second kappa shape index (κ2) is 3.83. The third-order valence-electron chi connectivity index (χ3n) is 4.09. The van der Waals surface area contributed by atoms with Crippen LogP contribution < -0.4 is 10.1 Å². The van der Waals surface area contributed by atoms with Crippen LogP contribution in [0.5, 0.6) is 5.75 Å². The molecule has 0 aromatic heterocycles. The minimum Gasteiger partial charge on any atom is -0.497 e. The summed E-state index contributed by atoms with van der Waals surface area (Å²) in [5.74, 6) is 1.03. The Labute approximate surface area is 105 Å². The van der Waals surface area contributed by atoms with Gasteiger partial charge in [0.2, 0.25) is 5.91 Å². The molecular weight excluding hydrogens is 230 g/mol. The number of amides is 1. The van der Waals surface area contributed by atoms with Crippen molar-refractivity contribution in [2.75, 3.05) is 12.4 Å². The third kappa shape index (κ3) is 1.45. The van der Waals surface area contributed by atoms with Crippen LogP contribution in [0.2, 0.25) is 0 Å². The summed E-state index contributed by atoms with van der Waals surface area (Å²) in [4.78, 5) is 23.6. The van der Waals surface area contributed by atoms with Gasteiger partial charge < -0.3 is 10.1 Å². The van der Waals surface area contributed by atoms with E-state index in [-0.39, 0.29) is 11.7 Å². The summed E-state index contributed by atoms with van der Waals surface area (Å²) in [5, 5.41) is 2.92. The summed E-state index contributed by atoms with van der Waals surface area (Å²) in [5.41, 5.74) is 1.33. The molecule has 2 aliphatic rings. The Morgan fingerprint density at radius 2 is 1.94 bits per heavy atom. The number of rotatable bonds is 1. The predicted molar refractivity (Wildman–Crippen MR) is 66.8 cm³/mol. The van der Waals surface area contributed by atoms with Crippen molar-refractivity contribution in [1.82, 2.24) is 0 Å². The molecule has 0 unspecified atom stereocenters. The molecule has 94 valence electrons. The average molecular weight is 245 g/mol. The van der Waals surface area contributed by atoms with Crippen LogP contribution in [0.4, 0.5) is 5.69 Å². The number of anilines is 1. The molecule has 3 rings (SSSR count). The van der Waals surface area contributed by atoms with Crippen molar-refractivity contribution in [3.63, 3.8) is 0 Å². The smallest absolute Gasteiger partial charge is 0.235 e. The fourth-order valence-electron chi connectivity index (χ4n) is 2.97. The fraction of sp³-hybridized carbons (Fsp3) is 0.429. The predicted octanol–water partition coefficient (Wildman–Crippen LogP) is 2.03. The second-order valence-electron chi connectivity index (χ2n) is 4.99. The Kier molecular flexibility index (Phi) is 2.40. The zero-order valence-electron chi connectivity index (χ0n) is 10.3. The number of benzene rings is 1. The maximum atomic E-state index is 12.3. The van der Waals surface area contributed by atoms with Gasteiger partial charge in [0.05, 0.1) is 12.5 Å². The third-order valence-corrected chi connectivity index (χ3v) is 4.09. The van der Waals surface area contributed by atoms with Gasteiger partial charge in [0.25, 0.3) is 0 Å². The summed E-state index contributed by atoms with van der Waals surface area (Å²) in [6, 6.07) is 5.63. The van der Waals surface area contributed by atoms with Crippen molar-refractivity contribution in [2.24, 2.45) is 0 Å². The standard InChI is InChI=1S/C14H15NO3/c1-18-10-2-3-12-11(8-10)14(13(17)15-12)6-4-9(16)5-7-14/h2-3,8H,4-7H2,1H3,(H,15,17). The highest BCUT2D eigenvalue weighted by atomic mass is 16.5. The van der Waals surface area contributed by atoms with Crippen molar-refractivity contribution in [3.8, 4) is 5.75 Å². The molecule has 1 aromatic rings. The second-order valence-corrected chi connectivity index (χ2v) is 4.99. The maximum Gasteiger partial charge on any atom is 0.235 e. The van der Waals surface area contributed by atoms with Crippen LogP contribution in [0.15, 0.2) is 18.2 Å². The molecule has 0 atom stereocenters. The van der Waals surface area contributed by atoms with E-state index in [0.717, 1.165) is 17.0 Å². The molecule has 18 heavy (non-hydrogen) atoms. The Bertz CT molecular complexity index is 526. The zero-order chi connectivity index (χ0) is 12.8. The summed E-state index contributed by atoms with van der Waals surface area (Å²) in [7, 11) is 1.61. The first-order valence-electron chi connectivity index (χ1n) is 6.17. The molecule has 0 bridgehead atoms. The van der Waals surface area contributed by atoms with Gasteiger partial charge >= 0.3 is 0 Å². The summed E-state index contributed by atoms with van der Waals surface area (Å²) >= 11 is 0. The molecule has 4 heteroatoms. The van der Waals surface area contributed by atoms with E-state index >= 15 is 0 Å². The Morgan fingerprint density at radius 3 is 2.61 bits per heavy atom. The van der Waals surface area contributed by atoms with E-state index in [2.05, 4.69) is 5.32 Å². The number of nitrogens with one attached hydrogen (secondary N) is 1. The quantitative estimate of drug-likeness (QED) is 0.823. The topological polar surface area (TPSA) is 55.4 Å². The van der Waals surface area contributed by atoms with Crippen molar-refractivity contribution in [3.05, 3.63) is 23.8 Å². The molecule has 0 radical (unpaired) electrons. The molecule has 1 saturated carbocycles. The molecular formula is C14H15NO3. The van der Waals surface area contributed by atoms with Crippen LogP contribution in [0.1, 0.15) is 31.2 Å². The van der Waals surface area contributed by atoms with Crippen molar-refractivity contribution in [1.29, 1.82) is 0 Å². The minimum atomic E-state index is -0.516. The van der Waals surface area contributed by atoms with Crippen molar-refractivity contribution >= 4 is 17.4 Å². The molecule has 1 heterocycles. The largest absolute Gasteiger partial charge is 0.497 e. The van der Waals surface area contributed by atoms with Gasteiger partial charge in [0, 0.05) is 18.5 Å². The van der Waals surface area contributed by atoms with Gasteiger partial charge in [-0.2, -0.15) is 0 Å². The highest BCUT2D eigenvalue weighted by Gasteiger charge is 2.48. The summed E-state index contributed by atoms with van der Waals surface area (Å²) in [6.45, 7) is 0. The van der Waals surface area contributed by atoms with Crippen LogP contribution in [0.25, 0.3) is 0 Å². The van der Waals surface area contributed by atoms with Gasteiger partial charge in [-0.3, -0.25) is 9.59 Å². The number of Topliss-reactive ketones (excluding diaryl/α,β-unsaturated/α-hetero) is 1. The monoisotopic (exact) mass is 245 g/mol. The molecule has 1 aliphatic carbocycles. The SMILES string of the molecule is COc1ccc2c(c1)C1(CCC(=O)CC1)C(=O)N2. The summed E-state index contributed by atoms with van der Waals surface area (Å²) < 4.78 is 5.22. The van der Waals surface area contributed by atoms with Crippen LogP contribution >= 0.6 is 0 Å². The lowest BCUT2D eigenvalue weighted by molar-refractivity contribution is -0.126. The minimum absolute atomic E-state index is 0.0262.